The number of rotatable bonds is 7. The van der Waals surface area contributed by atoms with Crippen LogP contribution >= 0.6 is 0 Å². The Morgan fingerprint density at radius 1 is 1.12 bits per heavy atom. The number of ether oxygens (including phenoxy) is 1. The molecule has 134 valence electrons. The van der Waals surface area contributed by atoms with Crippen LogP contribution in [0.3, 0.4) is 0 Å². The predicted molar refractivity (Wildman–Crippen MR) is 97.5 cm³/mol. The lowest BCUT2D eigenvalue weighted by molar-refractivity contribution is 0.0940. The lowest BCUT2D eigenvalue weighted by Gasteiger charge is -2.15. The maximum absolute atomic E-state index is 12.6. The number of hydrogen-bond acceptors (Lipinski definition) is 4. The maximum Gasteiger partial charge on any atom is 0.261 e. The standard InChI is InChI=1S/C18H22N2O4S/c1-4-13(2)19-18(21)16-7-5-6-8-17(16)20-25(22,23)15-11-9-14(24-3)10-12-15/h5-13,20H,4H2,1-3H3,(H,19,21)/t13-/m1/s1. The molecule has 0 aliphatic heterocycles. The van der Waals surface area contributed by atoms with Crippen molar-refractivity contribution < 1.29 is 17.9 Å². The number of benzene rings is 2. The normalized spacial score (nSPS) is 12.3. The summed E-state index contributed by atoms with van der Waals surface area (Å²) in [6.07, 6.45) is 0.783. The third-order valence-corrected chi connectivity index (χ3v) is 5.16. The Morgan fingerprint density at radius 2 is 1.76 bits per heavy atom. The van der Waals surface area contributed by atoms with Gasteiger partial charge in [0.25, 0.3) is 15.9 Å². The van der Waals surface area contributed by atoms with E-state index in [9.17, 15) is 13.2 Å². The molecule has 2 N–H and O–H groups in total. The van der Waals surface area contributed by atoms with Gasteiger partial charge < -0.3 is 10.1 Å². The van der Waals surface area contributed by atoms with Gasteiger partial charge in [-0.2, -0.15) is 0 Å². The van der Waals surface area contributed by atoms with Crippen molar-refractivity contribution in [1.29, 1.82) is 0 Å². The fourth-order valence-corrected chi connectivity index (χ4v) is 3.21. The van der Waals surface area contributed by atoms with Crippen molar-refractivity contribution in [2.45, 2.75) is 31.2 Å². The van der Waals surface area contributed by atoms with Crippen LogP contribution in [-0.4, -0.2) is 27.5 Å². The summed E-state index contributed by atoms with van der Waals surface area (Å²) >= 11 is 0. The van der Waals surface area contributed by atoms with Crippen LogP contribution in [0.1, 0.15) is 30.6 Å². The molecule has 0 radical (unpaired) electrons. The zero-order valence-corrected chi connectivity index (χ0v) is 15.3. The molecule has 25 heavy (non-hydrogen) atoms. The second-order valence-electron chi connectivity index (χ2n) is 5.61. The molecular formula is C18H22N2O4S. The molecular weight excluding hydrogens is 340 g/mol. The Hall–Kier alpha value is -2.54. The van der Waals surface area contributed by atoms with Crippen molar-refractivity contribution in [2.24, 2.45) is 0 Å². The Labute approximate surface area is 148 Å². The molecule has 0 aliphatic rings. The summed E-state index contributed by atoms with van der Waals surface area (Å²) in [7, 11) is -2.31. The molecule has 0 spiro atoms. The molecule has 0 aromatic heterocycles. The molecule has 7 heteroatoms. The van der Waals surface area contributed by atoms with E-state index in [1.807, 2.05) is 13.8 Å². The first-order valence-corrected chi connectivity index (χ1v) is 9.42. The average molecular weight is 362 g/mol. The Balaban J connectivity index is 2.28. The third-order valence-electron chi connectivity index (χ3n) is 3.78. The quantitative estimate of drug-likeness (QED) is 0.793. The molecule has 0 heterocycles. The third kappa shape index (κ3) is 4.73. The Morgan fingerprint density at radius 3 is 2.36 bits per heavy atom. The van der Waals surface area contributed by atoms with E-state index in [4.69, 9.17) is 4.74 Å². The summed E-state index contributed by atoms with van der Waals surface area (Å²) in [4.78, 5) is 12.5. The molecule has 2 rings (SSSR count). The van der Waals surface area contributed by atoms with Gasteiger partial charge in [0.05, 0.1) is 23.3 Å². The van der Waals surface area contributed by atoms with Crippen molar-refractivity contribution in [2.75, 3.05) is 11.8 Å². The van der Waals surface area contributed by atoms with Gasteiger partial charge in [0.2, 0.25) is 0 Å². The zero-order chi connectivity index (χ0) is 18.4. The van der Waals surface area contributed by atoms with E-state index in [0.717, 1.165) is 6.42 Å². The fraction of sp³-hybridized carbons (Fsp3) is 0.278. The van der Waals surface area contributed by atoms with Crippen LogP contribution in [0.2, 0.25) is 0 Å². The molecule has 2 aromatic carbocycles. The highest BCUT2D eigenvalue weighted by Gasteiger charge is 2.19. The van der Waals surface area contributed by atoms with Crippen LogP contribution in [0, 0.1) is 0 Å². The number of sulfonamides is 1. The SMILES string of the molecule is CC[C@@H](C)NC(=O)c1ccccc1NS(=O)(=O)c1ccc(OC)cc1. The van der Waals surface area contributed by atoms with E-state index in [1.54, 1.807) is 36.4 Å². The summed E-state index contributed by atoms with van der Waals surface area (Å²) in [5.74, 6) is 0.245. The number of para-hydroxylation sites is 1. The van der Waals surface area contributed by atoms with Gasteiger partial charge in [0, 0.05) is 6.04 Å². The summed E-state index contributed by atoms with van der Waals surface area (Å²) in [6, 6.07) is 12.5. The molecule has 1 amide bonds. The molecule has 0 saturated carbocycles. The summed E-state index contributed by atoms with van der Waals surface area (Å²) < 4.78 is 32.7. The van der Waals surface area contributed by atoms with Crippen LogP contribution in [0.5, 0.6) is 5.75 Å². The largest absolute Gasteiger partial charge is 0.497 e. The van der Waals surface area contributed by atoms with E-state index in [2.05, 4.69) is 10.0 Å². The van der Waals surface area contributed by atoms with E-state index < -0.39 is 10.0 Å². The first kappa shape index (κ1) is 18.8. The highest BCUT2D eigenvalue weighted by atomic mass is 32.2. The molecule has 0 unspecified atom stereocenters. The van der Waals surface area contributed by atoms with Crippen LogP contribution < -0.4 is 14.8 Å². The van der Waals surface area contributed by atoms with Gasteiger partial charge in [-0.15, -0.1) is 0 Å². The minimum atomic E-state index is -3.81. The zero-order valence-electron chi connectivity index (χ0n) is 14.4. The highest BCUT2D eigenvalue weighted by Crippen LogP contribution is 2.22. The van der Waals surface area contributed by atoms with Crippen LogP contribution in [0.25, 0.3) is 0 Å². The molecule has 6 nitrogen and oxygen atoms in total. The van der Waals surface area contributed by atoms with E-state index in [-0.39, 0.29) is 28.1 Å². The Bertz CT molecular complexity index is 832. The van der Waals surface area contributed by atoms with Crippen molar-refractivity contribution in [3.8, 4) is 5.75 Å². The molecule has 0 fully saturated rings. The van der Waals surface area contributed by atoms with Gasteiger partial charge in [0.1, 0.15) is 5.75 Å². The lowest BCUT2D eigenvalue weighted by atomic mass is 10.1. The predicted octanol–water partition coefficient (Wildman–Crippen LogP) is 3.02. The first-order chi connectivity index (χ1) is 11.9. The molecule has 0 aliphatic carbocycles. The van der Waals surface area contributed by atoms with E-state index in [1.165, 1.54) is 19.2 Å². The van der Waals surface area contributed by atoms with Crippen molar-refractivity contribution in [3.05, 3.63) is 54.1 Å². The van der Waals surface area contributed by atoms with Crippen LogP contribution in [0.15, 0.2) is 53.4 Å². The van der Waals surface area contributed by atoms with Gasteiger partial charge in [-0.25, -0.2) is 8.42 Å². The number of amides is 1. The maximum atomic E-state index is 12.6. The van der Waals surface area contributed by atoms with Gasteiger partial charge in [-0.1, -0.05) is 19.1 Å². The molecule has 1 atom stereocenters. The molecule has 0 saturated heterocycles. The number of nitrogens with one attached hydrogen (secondary N) is 2. The molecule has 0 bridgehead atoms. The number of carbonyl (C=O) groups excluding carboxylic acids is 1. The summed E-state index contributed by atoms with van der Waals surface area (Å²) in [5, 5.41) is 2.84. The van der Waals surface area contributed by atoms with Gasteiger partial charge in [0.15, 0.2) is 0 Å². The summed E-state index contributed by atoms with van der Waals surface area (Å²) in [5.41, 5.74) is 0.513. The first-order valence-electron chi connectivity index (χ1n) is 7.94. The smallest absolute Gasteiger partial charge is 0.261 e. The van der Waals surface area contributed by atoms with Gasteiger partial charge in [-0.3, -0.25) is 9.52 Å². The Kier molecular flexibility index (Phi) is 6.03. The topological polar surface area (TPSA) is 84.5 Å². The monoisotopic (exact) mass is 362 g/mol. The number of methoxy groups -OCH3 is 1. The number of hydrogen-bond donors (Lipinski definition) is 2. The number of carbonyl (C=O) groups is 1. The second kappa shape index (κ2) is 8.02. The lowest BCUT2D eigenvalue weighted by Crippen LogP contribution is -2.32. The average Bonchev–Trinajstić information content (AvgIpc) is 2.61. The minimum Gasteiger partial charge on any atom is -0.497 e. The van der Waals surface area contributed by atoms with Crippen LogP contribution in [0.4, 0.5) is 5.69 Å². The van der Waals surface area contributed by atoms with Gasteiger partial charge in [-0.05, 0) is 49.7 Å². The van der Waals surface area contributed by atoms with Gasteiger partial charge >= 0.3 is 0 Å². The highest BCUT2D eigenvalue weighted by molar-refractivity contribution is 7.92. The second-order valence-corrected chi connectivity index (χ2v) is 7.29. The van der Waals surface area contributed by atoms with Crippen molar-refractivity contribution in [1.82, 2.24) is 5.32 Å². The van der Waals surface area contributed by atoms with E-state index in [0.29, 0.717) is 5.75 Å². The molecule has 2 aromatic rings. The van der Waals surface area contributed by atoms with Crippen molar-refractivity contribution in [3.63, 3.8) is 0 Å². The summed E-state index contributed by atoms with van der Waals surface area (Å²) in [6.45, 7) is 3.85. The van der Waals surface area contributed by atoms with Crippen LogP contribution in [-0.2, 0) is 10.0 Å². The van der Waals surface area contributed by atoms with Crippen molar-refractivity contribution >= 4 is 21.6 Å². The number of anilines is 1. The fourth-order valence-electron chi connectivity index (χ4n) is 2.13. The minimum absolute atomic E-state index is 0.00116. The van der Waals surface area contributed by atoms with E-state index >= 15 is 0 Å².